The average molecular weight is 285 g/mol. The molecule has 0 aliphatic carbocycles. The monoisotopic (exact) mass is 284 g/mol. The first-order chi connectivity index (χ1) is 7.69. The van der Waals surface area contributed by atoms with Gasteiger partial charge in [-0.3, -0.25) is 0 Å². The Morgan fingerprint density at radius 3 is 2.62 bits per heavy atom. The van der Waals surface area contributed by atoms with Crippen molar-refractivity contribution in [1.29, 1.82) is 0 Å². The summed E-state index contributed by atoms with van der Waals surface area (Å²) >= 11 is 3.64. The molecule has 0 aliphatic heterocycles. The molecule has 3 heteroatoms. The number of hydrogen-bond donors (Lipinski definition) is 1. The van der Waals surface area contributed by atoms with Crippen molar-refractivity contribution in [2.75, 3.05) is 25.0 Å². The maximum atomic E-state index is 3.64. The van der Waals surface area contributed by atoms with Gasteiger partial charge in [-0.2, -0.15) is 0 Å². The highest BCUT2D eigenvalue weighted by atomic mass is 79.9. The Labute approximate surface area is 107 Å². The molecule has 1 rings (SSSR count). The quantitative estimate of drug-likeness (QED) is 0.861. The molecule has 0 aromatic heterocycles. The minimum absolute atomic E-state index is 0.937. The number of nitrogens with zero attached hydrogens (tertiary/aromatic N) is 1. The van der Waals surface area contributed by atoms with Crippen molar-refractivity contribution in [3.05, 3.63) is 28.2 Å². The fourth-order valence-electron chi connectivity index (χ4n) is 1.70. The van der Waals surface area contributed by atoms with Gasteiger partial charge in [0.05, 0.1) is 5.69 Å². The van der Waals surface area contributed by atoms with Crippen LogP contribution in [0.2, 0.25) is 0 Å². The van der Waals surface area contributed by atoms with Gasteiger partial charge in [-0.05, 0) is 46.6 Å². The number of rotatable bonds is 6. The highest BCUT2D eigenvalue weighted by molar-refractivity contribution is 9.10. The van der Waals surface area contributed by atoms with Crippen molar-refractivity contribution in [3.63, 3.8) is 0 Å². The van der Waals surface area contributed by atoms with E-state index in [9.17, 15) is 0 Å². The number of benzene rings is 1. The van der Waals surface area contributed by atoms with Crippen LogP contribution >= 0.6 is 15.9 Å². The number of nitrogens with one attached hydrogen (secondary N) is 1. The van der Waals surface area contributed by atoms with Gasteiger partial charge in [-0.15, -0.1) is 0 Å². The van der Waals surface area contributed by atoms with E-state index in [4.69, 9.17) is 0 Å². The van der Waals surface area contributed by atoms with Gasteiger partial charge in [0, 0.05) is 24.6 Å². The van der Waals surface area contributed by atoms with Crippen LogP contribution < -0.4 is 10.2 Å². The maximum absolute atomic E-state index is 3.64. The molecule has 0 bridgehead atoms. The zero-order chi connectivity index (χ0) is 12.0. The summed E-state index contributed by atoms with van der Waals surface area (Å²) in [6.45, 7) is 7.36. The number of hydrogen-bond acceptors (Lipinski definition) is 2. The molecule has 0 fully saturated rings. The molecule has 2 nitrogen and oxygen atoms in total. The Morgan fingerprint density at radius 2 is 2.06 bits per heavy atom. The van der Waals surface area contributed by atoms with Gasteiger partial charge in [-0.25, -0.2) is 0 Å². The van der Waals surface area contributed by atoms with Gasteiger partial charge in [0.2, 0.25) is 0 Å². The third-order valence-electron chi connectivity index (χ3n) is 2.56. The predicted molar refractivity (Wildman–Crippen MR) is 75.1 cm³/mol. The normalized spacial score (nSPS) is 10.5. The molecular weight excluding hydrogens is 264 g/mol. The first-order valence-electron chi connectivity index (χ1n) is 5.89. The molecule has 0 heterocycles. The summed E-state index contributed by atoms with van der Waals surface area (Å²) in [6, 6.07) is 6.57. The molecule has 0 saturated carbocycles. The van der Waals surface area contributed by atoms with Crippen LogP contribution in [0.3, 0.4) is 0 Å². The van der Waals surface area contributed by atoms with Crippen LogP contribution in [-0.2, 0) is 6.54 Å². The second-order valence-corrected chi connectivity index (χ2v) is 4.84. The zero-order valence-corrected chi connectivity index (χ0v) is 12.0. The van der Waals surface area contributed by atoms with Gasteiger partial charge >= 0.3 is 0 Å². The van der Waals surface area contributed by atoms with E-state index in [1.807, 2.05) is 0 Å². The molecular formula is C13H21BrN2. The summed E-state index contributed by atoms with van der Waals surface area (Å²) in [6.07, 6.45) is 1.17. The Balaban J connectivity index is 2.74. The van der Waals surface area contributed by atoms with Crippen molar-refractivity contribution < 1.29 is 0 Å². The first kappa shape index (κ1) is 13.5. The Hall–Kier alpha value is -0.540. The molecule has 0 amide bonds. The van der Waals surface area contributed by atoms with Crippen molar-refractivity contribution in [1.82, 2.24) is 5.32 Å². The van der Waals surface area contributed by atoms with Crippen LogP contribution in [0.1, 0.15) is 25.8 Å². The molecule has 1 N–H and O–H groups in total. The van der Waals surface area contributed by atoms with Crippen molar-refractivity contribution in [3.8, 4) is 0 Å². The summed E-state index contributed by atoms with van der Waals surface area (Å²) in [5, 5.41) is 3.33. The second-order valence-electron chi connectivity index (χ2n) is 3.99. The van der Waals surface area contributed by atoms with E-state index in [1.54, 1.807) is 0 Å². The summed E-state index contributed by atoms with van der Waals surface area (Å²) in [5.41, 5.74) is 2.59. The van der Waals surface area contributed by atoms with Crippen molar-refractivity contribution in [2.45, 2.75) is 26.8 Å². The fraction of sp³-hybridized carbons (Fsp3) is 0.538. The maximum Gasteiger partial charge on any atom is 0.0508 e. The van der Waals surface area contributed by atoms with E-state index < -0.39 is 0 Å². The standard InChI is InChI=1S/C13H21BrN2/c1-4-8-16(3)13-7-6-11(9-12(13)14)10-15-5-2/h6-7,9,15H,4-5,8,10H2,1-3H3. The van der Waals surface area contributed by atoms with Crippen molar-refractivity contribution in [2.24, 2.45) is 0 Å². The largest absolute Gasteiger partial charge is 0.374 e. The zero-order valence-electron chi connectivity index (χ0n) is 10.4. The minimum Gasteiger partial charge on any atom is -0.374 e. The van der Waals surface area contributed by atoms with Crippen LogP contribution in [0, 0.1) is 0 Å². The van der Waals surface area contributed by atoms with Crippen LogP contribution in [0.5, 0.6) is 0 Å². The van der Waals surface area contributed by atoms with Crippen LogP contribution in [0.15, 0.2) is 22.7 Å². The molecule has 0 radical (unpaired) electrons. The fourth-order valence-corrected chi connectivity index (χ4v) is 2.42. The molecule has 16 heavy (non-hydrogen) atoms. The molecule has 0 aliphatic rings. The number of halogens is 1. The van der Waals surface area contributed by atoms with E-state index in [0.29, 0.717) is 0 Å². The predicted octanol–water partition coefficient (Wildman–Crippen LogP) is 3.40. The summed E-state index contributed by atoms with van der Waals surface area (Å²) in [7, 11) is 2.13. The SMILES string of the molecule is CCCN(C)c1ccc(CNCC)cc1Br. The van der Waals surface area contributed by atoms with Gasteiger partial charge in [-0.1, -0.05) is 19.9 Å². The Morgan fingerprint density at radius 1 is 1.31 bits per heavy atom. The molecule has 0 unspecified atom stereocenters. The Kier molecular flexibility index (Phi) is 5.85. The highest BCUT2D eigenvalue weighted by Crippen LogP contribution is 2.26. The summed E-state index contributed by atoms with van der Waals surface area (Å²) in [5.74, 6) is 0. The average Bonchev–Trinajstić information content (AvgIpc) is 2.26. The Bertz CT molecular complexity index is 326. The summed E-state index contributed by atoms with van der Waals surface area (Å²) < 4.78 is 1.18. The number of anilines is 1. The molecule has 1 aromatic carbocycles. The summed E-state index contributed by atoms with van der Waals surface area (Å²) in [4.78, 5) is 2.28. The minimum atomic E-state index is 0.937. The van der Waals surface area contributed by atoms with Crippen molar-refractivity contribution >= 4 is 21.6 Å². The van der Waals surface area contributed by atoms with Crippen LogP contribution in [-0.4, -0.2) is 20.1 Å². The third-order valence-corrected chi connectivity index (χ3v) is 3.20. The van der Waals surface area contributed by atoms with Gasteiger partial charge in [0.1, 0.15) is 0 Å². The molecule has 1 aromatic rings. The van der Waals surface area contributed by atoms with Gasteiger partial charge in [0.25, 0.3) is 0 Å². The molecule has 0 atom stereocenters. The lowest BCUT2D eigenvalue weighted by Gasteiger charge is -2.20. The lowest BCUT2D eigenvalue weighted by molar-refractivity contribution is 0.726. The molecule has 0 saturated heterocycles. The first-order valence-corrected chi connectivity index (χ1v) is 6.68. The third kappa shape index (κ3) is 3.80. The van der Waals surface area contributed by atoms with E-state index in [0.717, 1.165) is 19.6 Å². The van der Waals surface area contributed by atoms with E-state index in [1.165, 1.54) is 22.1 Å². The topological polar surface area (TPSA) is 15.3 Å². The lowest BCUT2D eigenvalue weighted by atomic mass is 10.2. The van der Waals surface area contributed by atoms with Gasteiger partial charge in [0.15, 0.2) is 0 Å². The van der Waals surface area contributed by atoms with E-state index >= 15 is 0 Å². The van der Waals surface area contributed by atoms with E-state index in [2.05, 4.69) is 65.2 Å². The highest BCUT2D eigenvalue weighted by Gasteiger charge is 2.05. The van der Waals surface area contributed by atoms with Crippen LogP contribution in [0.25, 0.3) is 0 Å². The lowest BCUT2D eigenvalue weighted by Crippen LogP contribution is -2.18. The molecule has 90 valence electrons. The molecule has 0 spiro atoms. The van der Waals surface area contributed by atoms with Crippen LogP contribution in [0.4, 0.5) is 5.69 Å². The smallest absolute Gasteiger partial charge is 0.0508 e. The second kappa shape index (κ2) is 6.92. The van der Waals surface area contributed by atoms with Gasteiger partial charge < -0.3 is 10.2 Å². The van der Waals surface area contributed by atoms with E-state index in [-0.39, 0.29) is 0 Å².